The number of pyridine rings is 1. The van der Waals surface area contributed by atoms with E-state index in [1.54, 1.807) is 30.3 Å². The number of anilines is 1. The molecule has 0 spiro atoms. The van der Waals surface area contributed by atoms with E-state index < -0.39 is 23.3 Å². The molecule has 26 heavy (non-hydrogen) atoms. The largest absolute Gasteiger partial charge is 0.417 e. The fourth-order valence-corrected chi connectivity index (χ4v) is 2.73. The van der Waals surface area contributed by atoms with Gasteiger partial charge in [0.2, 0.25) is 5.56 Å². The van der Waals surface area contributed by atoms with Crippen molar-refractivity contribution in [2.75, 3.05) is 5.32 Å². The number of hydrogen-bond acceptors (Lipinski definition) is 2. The van der Waals surface area contributed by atoms with Gasteiger partial charge in [-0.1, -0.05) is 18.2 Å². The smallest absolute Gasteiger partial charge is 0.351 e. The Hall–Kier alpha value is -3.29. The predicted octanol–water partition coefficient (Wildman–Crippen LogP) is 3.63. The number of alkyl halides is 3. The zero-order valence-corrected chi connectivity index (χ0v) is 13.4. The standard InChI is InChI=1S/C18H14F3N3O2/c19-18(20,21)14-9-16(25)24-15-6-3-11(8-13(14)15)7-10-1-4-12(5-2-10)23-17(22)26/h1-6,8-9H,7H2,(H,24,25)(H3,22,23,26). The topological polar surface area (TPSA) is 88.0 Å². The average molecular weight is 361 g/mol. The maximum Gasteiger partial charge on any atom is 0.417 e. The Labute approximate surface area is 145 Å². The van der Waals surface area contributed by atoms with Gasteiger partial charge in [0, 0.05) is 22.7 Å². The Morgan fingerprint density at radius 3 is 2.31 bits per heavy atom. The van der Waals surface area contributed by atoms with Crippen LogP contribution in [-0.2, 0) is 12.6 Å². The number of aromatic amines is 1. The molecule has 0 bridgehead atoms. The zero-order chi connectivity index (χ0) is 18.9. The summed E-state index contributed by atoms with van der Waals surface area (Å²) in [6.45, 7) is 0. The van der Waals surface area contributed by atoms with E-state index in [0.29, 0.717) is 23.7 Å². The fourth-order valence-electron chi connectivity index (χ4n) is 2.73. The lowest BCUT2D eigenvalue weighted by molar-refractivity contribution is -0.136. The predicted molar refractivity (Wildman–Crippen MR) is 92.0 cm³/mol. The summed E-state index contributed by atoms with van der Waals surface area (Å²) in [4.78, 5) is 24.7. The Balaban J connectivity index is 1.95. The molecule has 1 heterocycles. The van der Waals surface area contributed by atoms with Crippen molar-refractivity contribution in [1.82, 2.24) is 4.98 Å². The van der Waals surface area contributed by atoms with Crippen molar-refractivity contribution in [2.45, 2.75) is 12.6 Å². The van der Waals surface area contributed by atoms with Crippen LogP contribution in [0.5, 0.6) is 0 Å². The number of halogens is 3. The van der Waals surface area contributed by atoms with Crippen LogP contribution in [0.3, 0.4) is 0 Å². The molecule has 1 aromatic heterocycles. The molecule has 0 unspecified atom stereocenters. The highest BCUT2D eigenvalue weighted by Gasteiger charge is 2.33. The Kier molecular flexibility index (Phi) is 4.41. The molecule has 3 rings (SSSR count). The summed E-state index contributed by atoms with van der Waals surface area (Å²) in [5.74, 6) is 0. The quantitative estimate of drug-likeness (QED) is 0.665. The summed E-state index contributed by atoms with van der Waals surface area (Å²) in [6.07, 6.45) is -4.23. The maximum atomic E-state index is 13.2. The summed E-state index contributed by atoms with van der Waals surface area (Å²) in [5, 5.41) is 2.38. The zero-order valence-electron chi connectivity index (χ0n) is 13.4. The highest BCUT2D eigenvalue weighted by atomic mass is 19.4. The number of amides is 2. The molecule has 5 nitrogen and oxygen atoms in total. The van der Waals surface area contributed by atoms with E-state index in [4.69, 9.17) is 5.73 Å². The Morgan fingerprint density at radius 1 is 1.04 bits per heavy atom. The van der Waals surface area contributed by atoms with Crippen molar-refractivity contribution in [3.8, 4) is 0 Å². The van der Waals surface area contributed by atoms with E-state index >= 15 is 0 Å². The van der Waals surface area contributed by atoms with Gasteiger partial charge in [0.25, 0.3) is 0 Å². The molecule has 134 valence electrons. The van der Waals surface area contributed by atoms with Crippen LogP contribution in [0.2, 0.25) is 0 Å². The normalized spacial score (nSPS) is 11.5. The third-order valence-corrected chi connectivity index (χ3v) is 3.84. The Morgan fingerprint density at radius 2 is 1.69 bits per heavy atom. The van der Waals surface area contributed by atoms with Crippen molar-refractivity contribution in [3.63, 3.8) is 0 Å². The van der Waals surface area contributed by atoms with Crippen molar-refractivity contribution in [1.29, 1.82) is 0 Å². The lowest BCUT2D eigenvalue weighted by atomic mass is 10.0. The second kappa shape index (κ2) is 6.55. The van der Waals surface area contributed by atoms with E-state index in [9.17, 15) is 22.8 Å². The van der Waals surface area contributed by atoms with Crippen LogP contribution in [-0.4, -0.2) is 11.0 Å². The molecular formula is C18H14F3N3O2. The third kappa shape index (κ3) is 3.85. The van der Waals surface area contributed by atoms with Gasteiger partial charge in [-0.3, -0.25) is 4.79 Å². The molecule has 4 N–H and O–H groups in total. The average Bonchev–Trinajstić information content (AvgIpc) is 2.55. The number of carbonyl (C=O) groups is 1. The molecule has 2 amide bonds. The van der Waals surface area contributed by atoms with E-state index in [1.807, 2.05) is 0 Å². The molecule has 0 fully saturated rings. The van der Waals surface area contributed by atoms with Crippen molar-refractivity contribution < 1.29 is 18.0 Å². The molecular weight excluding hydrogens is 347 g/mol. The Bertz CT molecular complexity index is 1020. The number of H-pyrrole nitrogens is 1. The monoisotopic (exact) mass is 361 g/mol. The number of primary amides is 1. The molecule has 0 saturated carbocycles. The van der Waals surface area contributed by atoms with E-state index in [1.165, 1.54) is 12.1 Å². The second-order valence-electron chi connectivity index (χ2n) is 5.79. The van der Waals surface area contributed by atoms with Gasteiger partial charge in [0.15, 0.2) is 0 Å². The first-order valence-corrected chi connectivity index (χ1v) is 7.61. The van der Waals surface area contributed by atoms with Gasteiger partial charge in [-0.2, -0.15) is 13.2 Å². The summed E-state index contributed by atoms with van der Waals surface area (Å²) in [7, 11) is 0. The molecule has 0 saturated heterocycles. The lowest BCUT2D eigenvalue weighted by Crippen LogP contribution is -2.19. The van der Waals surface area contributed by atoms with Gasteiger partial charge in [0.1, 0.15) is 0 Å². The highest BCUT2D eigenvalue weighted by molar-refractivity contribution is 5.87. The molecule has 2 aromatic carbocycles. The molecule has 0 atom stereocenters. The van der Waals surface area contributed by atoms with Crippen molar-refractivity contribution >= 4 is 22.6 Å². The van der Waals surface area contributed by atoms with Gasteiger partial charge < -0.3 is 16.0 Å². The van der Waals surface area contributed by atoms with Crippen LogP contribution in [0.25, 0.3) is 10.9 Å². The van der Waals surface area contributed by atoms with Gasteiger partial charge in [-0.05, 0) is 41.8 Å². The summed E-state index contributed by atoms with van der Waals surface area (Å²) < 4.78 is 39.6. The minimum absolute atomic E-state index is 0.0541. The van der Waals surface area contributed by atoms with Gasteiger partial charge in [-0.25, -0.2) is 4.79 Å². The fraction of sp³-hybridized carbons (Fsp3) is 0.111. The number of nitrogens with one attached hydrogen (secondary N) is 2. The van der Waals surface area contributed by atoms with Crippen LogP contribution >= 0.6 is 0 Å². The van der Waals surface area contributed by atoms with Crippen LogP contribution < -0.4 is 16.6 Å². The molecule has 0 aliphatic carbocycles. The van der Waals surface area contributed by atoms with Crippen LogP contribution in [0.1, 0.15) is 16.7 Å². The number of hydrogen-bond donors (Lipinski definition) is 3. The molecule has 3 aromatic rings. The number of carbonyl (C=O) groups excluding carboxylic acids is 1. The number of benzene rings is 2. The summed E-state index contributed by atoms with van der Waals surface area (Å²) in [5.41, 5.74) is 5.44. The highest BCUT2D eigenvalue weighted by Crippen LogP contribution is 2.33. The van der Waals surface area contributed by atoms with Crippen molar-refractivity contribution in [2.24, 2.45) is 5.73 Å². The number of rotatable bonds is 3. The van der Waals surface area contributed by atoms with E-state index in [-0.39, 0.29) is 10.9 Å². The third-order valence-electron chi connectivity index (χ3n) is 3.84. The van der Waals surface area contributed by atoms with Crippen LogP contribution in [0.4, 0.5) is 23.7 Å². The van der Waals surface area contributed by atoms with Crippen LogP contribution in [0, 0.1) is 0 Å². The number of nitrogens with two attached hydrogens (primary N) is 1. The van der Waals surface area contributed by atoms with Crippen LogP contribution in [0.15, 0.2) is 53.3 Å². The molecule has 0 aliphatic rings. The summed E-state index contributed by atoms with van der Waals surface area (Å²) in [6, 6.07) is 11.2. The molecule has 0 aliphatic heterocycles. The summed E-state index contributed by atoms with van der Waals surface area (Å²) >= 11 is 0. The minimum atomic E-state index is -4.62. The second-order valence-corrected chi connectivity index (χ2v) is 5.79. The maximum absolute atomic E-state index is 13.2. The number of aromatic nitrogens is 1. The number of fused-ring (bicyclic) bond motifs is 1. The molecule has 8 heteroatoms. The first-order valence-electron chi connectivity index (χ1n) is 7.61. The SMILES string of the molecule is NC(=O)Nc1ccc(Cc2ccc3[nH]c(=O)cc(C(F)(F)F)c3c2)cc1. The first-order chi connectivity index (χ1) is 12.2. The lowest BCUT2D eigenvalue weighted by Gasteiger charge is -2.11. The van der Waals surface area contributed by atoms with Gasteiger partial charge >= 0.3 is 12.2 Å². The van der Waals surface area contributed by atoms with Gasteiger partial charge in [-0.15, -0.1) is 0 Å². The first kappa shape index (κ1) is 17.5. The molecule has 0 radical (unpaired) electrons. The van der Waals surface area contributed by atoms with Gasteiger partial charge in [0.05, 0.1) is 5.56 Å². The minimum Gasteiger partial charge on any atom is -0.351 e. The number of urea groups is 1. The van der Waals surface area contributed by atoms with E-state index in [2.05, 4.69) is 10.3 Å². The van der Waals surface area contributed by atoms with E-state index in [0.717, 1.165) is 5.56 Å². The van der Waals surface area contributed by atoms with Crippen molar-refractivity contribution in [3.05, 3.63) is 75.6 Å².